The number of halogens is 3. The van der Waals surface area contributed by atoms with Gasteiger partial charge in [0.25, 0.3) is 5.91 Å². The molecule has 152 valence electrons. The Morgan fingerprint density at radius 3 is 2.59 bits per heavy atom. The van der Waals surface area contributed by atoms with Gasteiger partial charge < -0.3 is 14.2 Å². The number of hydrogen-bond acceptors (Lipinski definition) is 3. The molecule has 3 aromatic rings. The molecule has 0 atom stereocenters. The van der Waals surface area contributed by atoms with Crippen molar-refractivity contribution in [1.29, 1.82) is 0 Å². The van der Waals surface area contributed by atoms with Gasteiger partial charge in [-0.1, -0.05) is 12.1 Å². The summed E-state index contributed by atoms with van der Waals surface area (Å²) in [6.07, 6.45) is -1.67. The fraction of sp³-hybridized carbons (Fsp3) is 0.238. The number of ether oxygens (including phenoxy) is 1. The van der Waals surface area contributed by atoms with E-state index in [0.717, 1.165) is 6.07 Å². The number of aryl methyl sites for hydroxylation is 1. The Balaban J connectivity index is 1.88. The molecular formula is C21H20F3N3O2. The van der Waals surface area contributed by atoms with Crippen molar-refractivity contribution in [1.82, 2.24) is 14.5 Å². The number of carbonyl (C=O) groups excluding carboxylic acids is 1. The third-order valence-electron chi connectivity index (χ3n) is 4.44. The molecule has 0 aliphatic carbocycles. The van der Waals surface area contributed by atoms with E-state index in [-0.39, 0.29) is 18.1 Å². The van der Waals surface area contributed by atoms with Crippen molar-refractivity contribution in [2.45, 2.75) is 19.6 Å². The first-order valence-corrected chi connectivity index (χ1v) is 8.79. The molecule has 5 nitrogen and oxygen atoms in total. The molecule has 1 amide bonds. The SMILES string of the molecule is COc1cccc(C(=O)N(C)Cc2ccc(-n3cnc(C)c3)c(C(F)(F)F)c2)c1. The molecule has 3 rings (SSSR count). The molecule has 1 heterocycles. The van der Waals surface area contributed by atoms with Crippen molar-refractivity contribution in [3.8, 4) is 11.4 Å². The molecule has 0 bridgehead atoms. The summed E-state index contributed by atoms with van der Waals surface area (Å²) >= 11 is 0. The van der Waals surface area contributed by atoms with Gasteiger partial charge in [0, 0.05) is 25.4 Å². The maximum Gasteiger partial charge on any atom is 0.418 e. The highest BCUT2D eigenvalue weighted by atomic mass is 19.4. The van der Waals surface area contributed by atoms with Crippen LogP contribution in [0.3, 0.4) is 0 Å². The number of alkyl halides is 3. The average Bonchev–Trinajstić information content (AvgIpc) is 3.12. The first kappa shape index (κ1) is 20.4. The zero-order valence-corrected chi connectivity index (χ0v) is 16.2. The van der Waals surface area contributed by atoms with Gasteiger partial charge in [0.05, 0.1) is 30.4 Å². The Bertz CT molecular complexity index is 1030. The summed E-state index contributed by atoms with van der Waals surface area (Å²) in [6, 6.07) is 10.7. The Morgan fingerprint density at radius 2 is 1.97 bits per heavy atom. The quantitative estimate of drug-likeness (QED) is 0.631. The van der Waals surface area contributed by atoms with Crippen LogP contribution in [-0.4, -0.2) is 34.5 Å². The van der Waals surface area contributed by atoms with E-state index in [9.17, 15) is 18.0 Å². The van der Waals surface area contributed by atoms with E-state index in [1.807, 2.05) is 0 Å². The zero-order valence-electron chi connectivity index (χ0n) is 16.2. The van der Waals surface area contributed by atoms with Gasteiger partial charge in [-0.3, -0.25) is 4.79 Å². The first-order chi connectivity index (χ1) is 13.7. The van der Waals surface area contributed by atoms with Crippen molar-refractivity contribution in [2.24, 2.45) is 0 Å². The molecule has 8 heteroatoms. The Morgan fingerprint density at radius 1 is 1.21 bits per heavy atom. The van der Waals surface area contributed by atoms with Crippen molar-refractivity contribution in [3.63, 3.8) is 0 Å². The van der Waals surface area contributed by atoms with Crippen molar-refractivity contribution >= 4 is 5.91 Å². The van der Waals surface area contributed by atoms with E-state index in [4.69, 9.17) is 4.74 Å². The van der Waals surface area contributed by atoms with Crippen LogP contribution in [0, 0.1) is 6.92 Å². The number of methoxy groups -OCH3 is 1. The molecule has 2 aromatic carbocycles. The maximum absolute atomic E-state index is 13.6. The number of imidazole rings is 1. The standard InChI is InChI=1S/C21H20F3N3O2/c1-14-11-27(13-25-14)19-8-7-15(9-18(19)21(22,23)24)12-26(2)20(28)16-5-4-6-17(10-16)29-3/h4-11,13H,12H2,1-3H3. The minimum absolute atomic E-state index is 0.0105. The number of hydrogen-bond donors (Lipinski definition) is 0. The summed E-state index contributed by atoms with van der Waals surface area (Å²) in [5, 5.41) is 0. The van der Waals surface area contributed by atoms with E-state index < -0.39 is 11.7 Å². The van der Waals surface area contributed by atoms with Crippen molar-refractivity contribution in [2.75, 3.05) is 14.2 Å². The molecular weight excluding hydrogens is 383 g/mol. The average molecular weight is 403 g/mol. The monoisotopic (exact) mass is 403 g/mol. The predicted octanol–water partition coefficient (Wildman–Crippen LogP) is 4.48. The molecule has 0 N–H and O–H groups in total. The second-order valence-electron chi connectivity index (χ2n) is 6.66. The first-order valence-electron chi connectivity index (χ1n) is 8.79. The van der Waals surface area contributed by atoms with Crippen molar-refractivity contribution < 1.29 is 22.7 Å². The number of rotatable bonds is 5. The summed E-state index contributed by atoms with van der Waals surface area (Å²) in [7, 11) is 3.04. The van der Waals surface area contributed by atoms with Crippen LogP contribution in [-0.2, 0) is 12.7 Å². The van der Waals surface area contributed by atoms with Crippen LogP contribution < -0.4 is 4.74 Å². The molecule has 29 heavy (non-hydrogen) atoms. The highest BCUT2D eigenvalue weighted by Gasteiger charge is 2.34. The topological polar surface area (TPSA) is 47.4 Å². The number of carbonyl (C=O) groups is 1. The molecule has 0 saturated carbocycles. The van der Waals surface area contributed by atoms with Gasteiger partial charge in [0.2, 0.25) is 0 Å². The van der Waals surface area contributed by atoms with E-state index >= 15 is 0 Å². The summed E-state index contributed by atoms with van der Waals surface area (Å²) in [6.45, 7) is 1.74. The van der Waals surface area contributed by atoms with Crippen LogP contribution in [0.15, 0.2) is 55.0 Å². The minimum atomic E-state index is -4.54. The lowest BCUT2D eigenvalue weighted by Gasteiger charge is -2.20. The van der Waals surface area contributed by atoms with Gasteiger partial charge in [0.15, 0.2) is 0 Å². The molecule has 0 radical (unpaired) electrons. The van der Waals surface area contributed by atoms with Crippen LogP contribution >= 0.6 is 0 Å². The largest absolute Gasteiger partial charge is 0.497 e. The third-order valence-corrected chi connectivity index (χ3v) is 4.44. The van der Waals surface area contributed by atoms with Gasteiger partial charge in [-0.2, -0.15) is 13.2 Å². The molecule has 1 aromatic heterocycles. The Hall–Kier alpha value is -3.29. The number of aromatic nitrogens is 2. The predicted molar refractivity (Wildman–Crippen MR) is 102 cm³/mol. The van der Waals surface area contributed by atoms with Gasteiger partial charge in [-0.15, -0.1) is 0 Å². The lowest BCUT2D eigenvalue weighted by molar-refractivity contribution is -0.137. The van der Waals surface area contributed by atoms with E-state index in [2.05, 4.69) is 4.98 Å². The van der Waals surface area contributed by atoms with Gasteiger partial charge in [-0.05, 0) is 42.8 Å². The Kier molecular flexibility index (Phi) is 5.63. The second kappa shape index (κ2) is 7.98. The van der Waals surface area contributed by atoms with Crippen LogP contribution in [0.1, 0.15) is 27.2 Å². The van der Waals surface area contributed by atoms with E-state index in [0.29, 0.717) is 22.6 Å². The number of benzene rings is 2. The van der Waals surface area contributed by atoms with Crippen molar-refractivity contribution in [3.05, 3.63) is 77.4 Å². The van der Waals surface area contributed by atoms with Crippen LogP contribution in [0.2, 0.25) is 0 Å². The van der Waals surface area contributed by atoms with Gasteiger partial charge >= 0.3 is 6.18 Å². The normalized spacial score (nSPS) is 11.4. The molecule has 0 spiro atoms. The van der Waals surface area contributed by atoms with Crippen LogP contribution in [0.4, 0.5) is 13.2 Å². The lowest BCUT2D eigenvalue weighted by Crippen LogP contribution is -2.26. The second-order valence-corrected chi connectivity index (χ2v) is 6.66. The minimum Gasteiger partial charge on any atom is -0.497 e. The molecule has 0 saturated heterocycles. The molecule has 0 aliphatic rings. The smallest absolute Gasteiger partial charge is 0.418 e. The number of nitrogens with zero attached hydrogens (tertiary/aromatic N) is 3. The number of amides is 1. The molecule has 0 aliphatic heterocycles. The summed E-state index contributed by atoms with van der Waals surface area (Å²) in [4.78, 5) is 18.0. The third kappa shape index (κ3) is 4.59. The van der Waals surface area contributed by atoms with Gasteiger partial charge in [0.1, 0.15) is 5.75 Å². The lowest BCUT2D eigenvalue weighted by atomic mass is 10.1. The van der Waals surface area contributed by atoms with Gasteiger partial charge in [-0.25, -0.2) is 4.98 Å². The highest BCUT2D eigenvalue weighted by molar-refractivity contribution is 5.94. The summed E-state index contributed by atoms with van der Waals surface area (Å²) in [5.74, 6) is 0.218. The molecule has 0 unspecified atom stereocenters. The fourth-order valence-corrected chi connectivity index (χ4v) is 3.01. The summed E-state index contributed by atoms with van der Waals surface area (Å²) < 4.78 is 47.4. The fourth-order valence-electron chi connectivity index (χ4n) is 3.01. The zero-order chi connectivity index (χ0) is 21.2. The summed E-state index contributed by atoms with van der Waals surface area (Å²) in [5.41, 5.74) is 0.592. The molecule has 0 fully saturated rings. The van der Waals surface area contributed by atoms with E-state index in [1.54, 1.807) is 44.3 Å². The van der Waals surface area contributed by atoms with E-state index in [1.165, 1.54) is 35.2 Å². The Labute approximate surface area is 166 Å². The highest BCUT2D eigenvalue weighted by Crippen LogP contribution is 2.35. The van der Waals surface area contributed by atoms with Crippen LogP contribution in [0.25, 0.3) is 5.69 Å². The maximum atomic E-state index is 13.6. The van der Waals surface area contributed by atoms with Crippen LogP contribution in [0.5, 0.6) is 5.75 Å².